The first-order valence-electron chi connectivity index (χ1n) is 7.24. The van der Waals surface area contributed by atoms with E-state index >= 15 is 0 Å². The van der Waals surface area contributed by atoms with Crippen LogP contribution in [0.1, 0.15) is 25.0 Å². The van der Waals surface area contributed by atoms with Gasteiger partial charge in [0.05, 0.1) is 6.42 Å². The molecule has 0 bridgehead atoms. The third kappa shape index (κ3) is 4.49. The Bertz CT molecular complexity index is 641. The molecule has 0 N–H and O–H groups in total. The average Bonchev–Trinajstić information content (AvgIpc) is 2.48. The van der Waals surface area contributed by atoms with Crippen molar-refractivity contribution in [3.05, 3.63) is 69.7 Å². The third-order valence-corrected chi connectivity index (χ3v) is 4.08. The molecule has 0 saturated carbocycles. The molecule has 0 saturated heterocycles. The van der Waals surface area contributed by atoms with E-state index in [1.807, 2.05) is 55.1 Å². The fourth-order valence-corrected chi connectivity index (χ4v) is 2.74. The lowest BCUT2D eigenvalue weighted by atomic mass is 10.1. The molecule has 116 valence electrons. The van der Waals surface area contributed by atoms with Crippen molar-refractivity contribution >= 4 is 29.1 Å². The van der Waals surface area contributed by atoms with Crippen LogP contribution in [0.4, 0.5) is 0 Å². The van der Waals surface area contributed by atoms with Crippen LogP contribution >= 0.6 is 23.2 Å². The maximum absolute atomic E-state index is 12.6. The first-order valence-corrected chi connectivity index (χ1v) is 8.00. The second-order valence-corrected chi connectivity index (χ2v) is 6.36. The predicted octanol–water partition coefficient (Wildman–Crippen LogP) is 4.97. The van der Waals surface area contributed by atoms with Gasteiger partial charge in [0.2, 0.25) is 5.91 Å². The fraction of sp³-hybridized carbons (Fsp3) is 0.278. The molecular weight excluding hydrogens is 317 g/mol. The Morgan fingerprint density at radius 2 is 1.77 bits per heavy atom. The fourth-order valence-electron chi connectivity index (χ4n) is 2.27. The summed E-state index contributed by atoms with van der Waals surface area (Å²) in [6.45, 7) is 4.64. The highest BCUT2D eigenvalue weighted by atomic mass is 35.5. The maximum Gasteiger partial charge on any atom is 0.227 e. The van der Waals surface area contributed by atoms with Crippen LogP contribution < -0.4 is 0 Å². The molecule has 0 radical (unpaired) electrons. The highest BCUT2D eigenvalue weighted by Crippen LogP contribution is 2.22. The number of rotatable bonds is 5. The van der Waals surface area contributed by atoms with Crippen molar-refractivity contribution in [2.24, 2.45) is 0 Å². The minimum atomic E-state index is 0.0584. The van der Waals surface area contributed by atoms with Crippen LogP contribution in [0.2, 0.25) is 10.0 Å². The van der Waals surface area contributed by atoms with Crippen molar-refractivity contribution < 1.29 is 4.79 Å². The van der Waals surface area contributed by atoms with Crippen LogP contribution in [0.3, 0.4) is 0 Å². The van der Waals surface area contributed by atoms with Gasteiger partial charge in [-0.15, -0.1) is 0 Å². The molecule has 22 heavy (non-hydrogen) atoms. The highest BCUT2D eigenvalue weighted by Gasteiger charge is 2.18. The van der Waals surface area contributed by atoms with E-state index in [1.54, 1.807) is 12.1 Å². The van der Waals surface area contributed by atoms with Gasteiger partial charge in [-0.1, -0.05) is 59.6 Å². The molecule has 0 aliphatic heterocycles. The number of halogens is 2. The second-order valence-electron chi connectivity index (χ2n) is 5.51. The number of amides is 1. The maximum atomic E-state index is 12.6. The Morgan fingerprint density at radius 3 is 2.36 bits per heavy atom. The van der Waals surface area contributed by atoms with Crippen molar-refractivity contribution in [3.8, 4) is 0 Å². The van der Waals surface area contributed by atoms with E-state index < -0.39 is 0 Å². The third-order valence-electron chi connectivity index (χ3n) is 3.50. The van der Waals surface area contributed by atoms with Gasteiger partial charge in [-0.2, -0.15) is 0 Å². The average molecular weight is 336 g/mol. The molecule has 0 heterocycles. The summed E-state index contributed by atoms with van der Waals surface area (Å²) in [6, 6.07) is 15.3. The summed E-state index contributed by atoms with van der Waals surface area (Å²) in [4.78, 5) is 14.5. The zero-order valence-electron chi connectivity index (χ0n) is 12.7. The Balaban J connectivity index is 2.13. The van der Waals surface area contributed by atoms with Gasteiger partial charge in [0.25, 0.3) is 0 Å². The molecule has 2 rings (SSSR count). The zero-order chi connectivity index (χ0) is 16.1. The molecule has 2 nitrogen and oxygen atoms in total. The molecule has 0 aliphatic rings. The largest absolute Gasteiger partial charge is 0.336 e. The van der Waals surface area contributed by atoms with Crippen LogP contribution in [0.5, 0.6) is 0 Å². The molecule has 4 heteroatoms. The lowest BCUT2D eigenvalue weighted by molar-refractivity contribution is -0.132. The van der Waals surface area contributed by atoms with Crippen molar-refractivity contribution in [2.45, 2.75) is 32.9 Å². The van der Waals surface area contributed by atoms with Gasteiger partial charge in [0.1, 0.15) is 0 Å². The van der Waals surface area contributed by atoms with Crippen molar-refractivity contribution in [2.75, 3.05) is 0 Å². The summed E-state index contributed by atoms with van der Waals surface area (Å²) >= 11 is 12.1. The van der Waals surface area contributed by atoms with E-state index in [2.05, 4.69) is 0 Å². The standard InChI is InChI=1S/C18H19Cl2NO/c1-13(2)21(12-14-6-4-3-5-7-14)18(22)10-15-8-9-16(19)11-17(15)20/h3-9,11,13H,10,12H2,1-2H3. The van der Waals surface area contributed by atoms with Gasteiger partial charge in [0.15, 0.2) is 0 Å². The van der Waals surface area contributed by atoms with E-state index in [4.69, 9.17) is 23.2 Å². The second kappa shape index (κ2) is 7.66. The molecule has 0 aliphatic carbocycles. The topological polar surface area (TPSA) is 20.3 Å². The first kappa shape index (κ1) is 16.9. The van der Waals surface area contributed by atoms with Crippen LogP contribution in [0, 0.1) is 0 Å². The van der Waals surface area contributed by atoms with Crippen LogP contribution in [-0.4, -0.2) is 16.8 Å². The van der Waals surface area contributed by atoms with E-state index in [9.17, 15) is 4.79 Å². The zero-order valence-corrected chi connectivity index (χ0v) is 14.2. The molecule has 1 amide bonds. The van der Waals surface area contributed by atoms with Crippen LogP contribution in [0.15, 0.2) is 48.5 Å². The minimum absolute atomic E-state index is 0.0584. The Labute approximate surface area is 141 Å². The number of hydrogen-bond donors (Lipinski definition) is 0. The number of hydrogen-bond acceptors (Lipinski definition) is 1. The van der Waals surface area contributed by atoms with Crippen molar-refractivity contribution in [1.82, 2.24) is 4.90 Å². The number of carbonyl (C=O) groups excluding carboxylic acids is 1. The molecule has 0 aromatic heterocycles. The molecule has 0 atom stereocenters. The summed E-state index contributed by atoms with van der Waals surface area (Å²) in [5.74, 6) is 0.0584. The smallest absolute Gasteiger partial charge is 0.227 e. The van der Waals surface area contributed by atoms with Gasteiger partial charge in [-0.25, -0.2) is 0 Å². The Hall–Kier alpha value is -1.51. The highest BCUT2D eigenvalue weighted by molar-refractivity contribution is 6.35. The quantitative estimate of drug-likeness (QED) is 0.755. The minimum Gasteiger partial charge on any atom is -0.336 e. The van der Waals surface area contributed by atoms with Crippen LogP contribution in [0.25, 0.3) is 0 Å². The van der Waals surface area contributed by atoms with Gasteiger partial charge in [0, 0.05) is 22.6 Å². The summed E-state index contributed by atoms with van der Waals surface area (Å²) in [5.41, 5.74) is 1.92. The van der Waals surface area contributed by atoms with E-state index in [0.29, 0.717) is 16.6 Å². The summed E-state index contributed by atoms with van der Waals surface area (Å²) in [5, 5.41) is 1.11. The van der Waals surface area contributed by atoms with E-state index in [-0.39, 0.29) is 18.4 Å². The van der Waals surface area contributed by atoms with Gasteiger partial charge in [-0.3, -0.25) is 4.79 Å². The number of benzene rings is 2. The monoisotopic (exact) mass is 335 g/mol. The normalized spacial score (nSPS) is 10.8. The molecule has 0 fully saturated rings. The first-order chi connectivity index (χ1) is 10.5. The molecular formula is C18H19Cl2NO. The SMILES string of the molecule is CC(C)N(Cc1ccccc1)C(=O)Cc1ccc(Cl)cc1Cl. The van der Waals surface area contributed by atoms with E-state index in [0.717, 1.165) is 11.1 Å². The Kier molecular flexibility index (Phi) is 5.87. The predicted molar refractivity (Wildman–Crippen MR) is 92.3 cm³/mol. The summed E-state index contributed by atoms with van der Waals surface area (Å²) in [7, 11) is 0. The van der Waals surface area contributed by atoms with Crippen molar-refractivity contribution in [1.29, 1.82) is 0 Å². The van der Waals surface area contributed by atoms with E-state index in [1.165, 1.54) is 0 Å². The lowest BCUT2D eigenvalue weighted by Crippen LogP contribution is -2.37. The van der Waals surface area contributed by atoms with Crippen molar-refractivity contribution in [3.63, 3.8) is 0 Å². The van der Waals surface area contributed by atoms with Gasteiger partial charge >= 0.3 is 0 Å². The molecule has 0 spiro atoms. The molecule has 2 aromatic rings. The lowest BCUT2D eigenvalue weighted by Gasteiger charge is -2.27. The van der Waals surface area contributed by atoms with Crippen LogP contribution in [-0.2, 0) is 17.8 Å². The molecule has 2 aromatic carbocycles. The summed E-state index contributed by atoms with van der Waals surface area (Å²) in [6.07, 6.45) is 0.279. The Morgan fingerprint density at radius 1 is 1.09 bits per heavy atom. The van der Waals surface area contributed by atoms with Gasteiger partial charge in [-0.05, 0) is 37.1 Å². The summed E-state index contributed by atoms with van der Waals surface area (Å²) < 4.78 is 0. The number of nitrogens with zero attached hydrogens (tertiary/aromatic N) is 1. The number of carbonyl (C=O) groups is 1. The van der Waals surface area contributed by atoms with Gasteiger partial charge < -0.3 is 4.90 Å². The molecule has 0 unspecified atom stereocenters.